The third-order valence-corrected chi connectivity index (χ3v) is 3.67. The highest BCUT2D eigenvalue weighted by atomic mass is 16.5. The average molecular weight is 233 g/mol. The molecular formula is C15H23NO. The first-order chi connectivity index (χ1) is 8.35. The molecule has 1 N–H and O–H groups in total. The summed E-state index contributed by atoms with van der Waals surface area (Å²) in [5.74, 6) is 0.689. The molecule has 0 amide bonds. The van der Waals surface area contributed by atoms with E-state index in [2.05, 4.69) is 36.5 Å². The first-order valence-electron chi connectivity index (χ1n) is 6.67. The van der Waals surface area contributed by atoms with Crippen LogP contribution in [0.1, 0.15) is 24.5 Å². The lowest BCUT2D eigenvalue weighted by molar-refractivity contribution is 0.0972. The topological polar surface area (TPSA) is 21.3 Å². The predicted molar refractivity (Wildman–Crippen MR) is 71.3 cm³/mol. The molecule has 1 aliphatic rings. The Kier molecular flexibility index (Phi) is 4.57. The Morgan fingerprint density at radius 3 is 2.47 bits per heavy atom. The van der Waals surface area contributed by atoms with Gasteiger partial charge in [-0.05, 0) is 43.4 Å². The van der Waals surface area contributed by atoms with E-state index < -0.39 is 0 Å². The van der Waals surface area contributed by atoms with E-state index in [0.29, 0.717) is 12.0 Å². The fourth-order valence-electron chi connectivity index (χ4n) is 2.69. The number of hydrogen-bond acceptors (Lipinski definition) is 2. The number of likely N-dealkylation sites (N-methyl/N-ethyl adjacent to an activating group) is 1. The third-order valence-electron chi connectivity index (χ3n) is 3.67. The van der Waals surface area contributed by atoms with Gasteiger partial charge in [-0.3, -0.25) is 0 Å². The van der Waals surface area contributed by atoms with Crippen LogP contribution in [0.5, 0.6) is 0 Å². The van der Waals surface area contributed by atoms with Gasteiger partial charge in [0.25, 0.3) is 0 Å². The molecule has 1 aliphatic carbocycles. The lowest BCUT2D eigenvalue weighted by atomic mass is 9.97. The Balaban J connectivity index is 1.91. The molecule has 0 spiro atoms. The number of ether oxygens (including phenoxy) is 1. The van der Waals surface area contributed by atoms with Crippen LogP contribution in [-0.2, 0) is 17.6 Å². The fraction of sp³-hybridized carbons (Fsp3) is 0.600. The van der Waals surface area contributed by atoms with E-state index in [1.54, 1.807) is 0 Å². The van der Waals surface area contributed by atoms with Crippen LogP contribution in [0.2, 0.25) is 0 Å². The second kappa shape index (κ2) is 6.18. The van der Waals surface area contributed by atoms with Crippen molar-refractivity contribution < 1.29 is 4.74 Å². The largest absolute Gasteiger partial charge is 0.380 e. The highest BCUT2D eigenvalue weighted by Gasteiger charge is 2.27. The van der Waals surface area contributed by atoms with Gasteiger partial charge in [0.15, 0.2) is 0 Å². The Hall–Kier alpha value is -0.860. The highest BCUT2D eigenvalue weighted by Crippen LogP contribution is 2.28. The van der Waals surface area contributed by atoms with Crippen molar-refractivity contribution in [2.75, 3.05) is 20.3 Å². The van der Waals surface area contributed by atoms with E-state index in [-0.39, 0.29) is 0 Å². The Bertz CT molecular complexity index is 326. The second-order valence-corrected chi connectivity index (χ2v) is 4.91. The smallest absolute Gasteiger partial charge is 0.0622 e. The number of fused-ring (bicyclic) bond motifs is 1. The molecule has 0 fully saturated rings. The monoisotopic (exact) mass is 233 g/mol. The molecule has 1 aromatic rings. The molecule has 0 radical (unpaired) electrons. The first-order valence-corrected chi connectivity index (χ1v) is 6.67. The van der Waals surface area contributed by atoms with Gasteiger partial charge in [-0.15, -0.1) is 0 Å². The Labute approximate surface area is 104 Å². The maximum atomic E-state index is 5.68. The quantitative estimate of drug-likeness (QED) is 0.762. The zero-order valence-electron chi connectivity index (χ0n) is 10.9. The van der Waals surface area contributed by atoms with Crippen molar-refractivity contribution in [1.82, 2.24) is 5.32 Å². The van der Waals surface area contributed by atoms with Gasteiger partial charge in [0.05, 0.1) is 6.61 Å². The molecule has 1 aromatic carbocycles. The summed E-state index contributed by atoms with van der Waals surface area (Å²) in [6.07, 6.45) is 3.48. The molecule has 0 aliphatic heterocycles. The molecule has 17 heavy (non-hydrogen) atoms. The van der Waals surface area contributed by atoms with Gasteiger partial charge in [-0.1, -0.05) is 31.2 Å². The fourth-order valence-corrected chi connectivity index (χ4v) is 2.69. The van der Waals surface area contributed by atoms with Crippen molar-refractivity contribution in [2.45, 2.75) is 32.2 Å². The second-order valence-electron chi connectivity index (χ2n) is 4.91. The average Bonchev–Trinajstić information content (AvgIpc) is 2.78. The van der Waals surface area contributed by atoms with Gasteiger partial charge in [-0.2, -0.15) is 0 Å². The minimum Gasteiger partial charge on any atom is -0.380 e. The van der Waals surface area contributed by atoms with Gasteiger partial charge < -0.3 is 10.1 Å². The Morgan fingerprint density at radius 2 is 1.94 bits per heavy atom. The van der Waals surface area contributed by atoms with Gasteiger partial charge in [0, 0.05) is 12.6 Å². The molecular weight excluding hydrogens is 210 g/mol. The summed E-state index contributed by atoms with van der Waals surface area (Å²) in [7, 11) is 2.04. The molecule has 1 unspecified atom stereocenters. The summed E-state index contributed by atoms with van der Waals surface area (Å²) in [4.78, 5) is 0. The number of rotatable bonds is 6. The molecule has 0 saturated heterocycles. The van der Waals surface area contributed by atoms with Crippen molar-refractivity contribution in [3.8, 4) is 0 Å². The molecule has 2 heteroatoms. The number of nitrogens with one attached hydrogen (secondary N) is 1. The summed E-state index contributed by atoms with van der Waals surface area (Å²) in [6.45, 7) is 3.86. The van der Waals surface area contributed by atoms with Gasteiger partial charge in [0.1, 0.15) is 0 Å². The van der Waals surface area contributed by atoms with E-state index >= 15 is 0 Å². The van der Waals surface area contributed by atoms with Crippen molar-refractivity contribution in [1.29, 1.82) is 0 Å². The van der Waals surface area contributed by atoms with E-state index in [9.17, 15) is 0 Å². The maximum absolute atomic E-state index is 5.68. The standard InChI is InChI=1S/C15H23NO/c1-3-8-17-11-15(16-2)14-9-12-6-4-5-7-13(12)10-14/h4-7,14-16H,3,8-11H2,1-2H3. The van der Waals surface area contributed by atoms with Crippen molar-refractivity contribution in [3.63, 3.8) is 0 Å². The minimum absolute atomic E-state index is 0.481. The molecule has 0 aromatic heterocycles. The Morgan fingerprint density at radius 1 is 1.29 bits per heavy atom. The summed E-state index contributed by atoms with van der Waals surface area (Å²) < 4.78 is 5.68. The highest BCUT2D eigenvalue weighted by molar-refractivity contribution is 5.32. The summed E-state index contributed by atoms with van der Waals surface area (Å²) in [5.41, 5.74) is 3.04. The molecule has 2 rings (SSSR count). The summed E-state index contributed by atoms with van der Waals surface area (Å²) in [6, 6.07) is 9.28. The number of hydrogen-bond donors (Lipinski definition) is 1. The zero-order valence-corrected chi connectivity index (χ0v) is 10.9. The summed E-state index contributed by atoms with van der Waals surface area (Å²) >= 11 is 0. The SMILES string of the molecule is CCCOCC(NC)C1Cc2ccccc2C1. The molecule has 0 heterocycles. The van der Waals surface area contributed by atoms with Crippen LogP contribution in [0.4, 0.5) is 0 Å². The van der Waals surface area contributed by atoms with Crippen LogP contribution in [0, 0.1) is 5.92 Å². The van der Waals surface area contributed by atoms with Gasteiger partial charge >= 0.3 is 0 Å². The van der Waals surface area contributed by atoms with E-state index in [4.69, 9.17) is 4.74 Å². The van der Waals surface area contributed by atoms with Gasteiger partial charge in [0.2, 0.25) is 0 Å². The summed E-state index contributed by atoms with van der Waals surface area (Å²) in [5, 5.41) is 3.41. The van der Waals surface area contributed by atoms with E-state index in [0.717, 1.165) is 19.6 Å². The molecule has 2 nitrogen and oxygen atoms in total. The lowest BCUT2D eigenvalue weighted by Gasteiger charge is -2.22. The van der Waals surface area contributed by atoms with Crippen LogP contribution in [0.3, 0.4) is 0 Å². The van der Waals surface area contributed by atoms with Crippen LogP contribution in [0.15, 0.2) is 24.3 Å². The van der Waals surface area contributed by atoms with Crippen LogP contribution in [0.25, 0.3) is 0 Å². The first kappa shape index (κ1) is 12.6. The van der Waals surface area contributed by atoms with Crippen LogP contribution >= 0.6 is 0 Å². The normalized spacial score (nSPS) is 17.1. The lowest BCUT2D eigenvalue weighted by Crippen LogP contribution is -2.38. The zero-order chi connectivity index (χ0) is 12.1. The molecule has 0 bridgehead atoms. The van der Waals surface area contributed by atoms with Crippen LogP contribution in [-0.4, -0.2) is 26.3 Å². The van der Waals surface area contributed by atoms with E-state index in [1.165, 1.54) is 24.0 Å². The third kappa shape index (κ3) is 3.08. The minimum atomic E-state index is 0.481. The van der Waals surface area contributed by atoms with Gasteiger partial charge in [-0.25, -0.2) is 0 Å². The number of benzene rings is 1. The van der Waals surface area contributed by atoms with E-state index in [1.807, 2.05) is 7.05 Å². The van der Waals surface area contributed by atoms with Crippen molar-refractivity contribution >= 4 is 0 Å². The molecule has 1 atom stereocenters. The molecule has 0 saturated carbocycles. The van der Waals surface area contributed by atoms with Crippen molar-refractivity contribution in [3.05, 3.63) is 35.4 Å². The maximum Gasteiger partial charge on any atom is 0.0622 e. The predicted octanol–water partition coefficient (Wildman–Crippen LogP) is 2.42. The molecule has 94 valence electrons. The van der Waals surface area contributed by atoms with Crippen LogP contribution < -0.4 is 5.32 Å². The van der Waals surface area contributed by atoms with Crippen molar-refractivity contribution in [2.24, 2.45) is 5.92 Å².